The summed E-state index contributed by atoms with van der Waals surface area (Å²) in [5.41, 5.74) is 0. The van der Waals surface area contributed by atoms with Gasteiger partial charge in [-0.15, -0.1) is 0 Å². The summed E-state index contributed by atoms with van der Waals surface area (Å²) in [6, 6.07) is -0.168. The van der Waals surface area contributed by atoms with E-state index in [1.54, 1.807) is 14.0 Å². The highest BCUT2D eigenvalue weighted by atomic mass is 16.5. The van der Waals surface area contributed by atoms with Gasteiger partial charge in [-0.1, -0.05) is 0 Å². The summed E-state index contributed by atoms with van der Waals surface area (Å²) in [6.45, 7) is 7.10. The molecule has 0 heterocycles. The predicted molar refractivity (Wildman–Crippen MR) is 70.2 cm³/mol. The molecule has 1 unspecified atom stereocenters. The minimum atomic E-state index is -0.292. The van der Waals surface area contributed by atoms with Crippen LogP contribution in [0.3, 0.4) is 0 Å². The number of ether oxygens (including phenoxy) is 1. The number of rotatable bonds is 9. The molecule has 0 rings (SSSR count). The summed E-state index contributed by atoms with van der Waals surface area (Å²) in [4.78, 5) is 22.9. The Hall–Kier alpha value is -1.14. The number of hydrogen-bond acceptors (Lipinski definition) is 4. The molecule has 18 heavy (non-hydrogen) atoms. The average molecular weight is 259 g/mol. The van der Waals surface area contributed by atoms with Crippen LogP contribution in [0.25, 0.3) is 0 Å². The molecule has 2 amide bonds. The molecule has 0 aliphatic rings. The molecule has 0 radical (unpaired) electrons. The first-order chi connectivity index (χ1) is 8.47. The van der Waals surface area contributed by atoms with Crippen molar-refractivity contribution in [2.24, 2.45) is 0 Å². The van der Waals surface area contributed by atoms with Crippen LogP contribution in [0.5, 0.6) is 0 Å². The average Bonchev–Trinajstić information content (AvgIpc) is 2.28. The van der Waals surface area contributed by atoms with Crippen LogP contribution in [0.1, 0.15) is 27.2 Å². The van der Waals surface area contributed by atoms with Gasteiger partial charge in [0.15, 0.2) is 0 Å². The van der Waals surface area contributed by atoms with E-state index >= 15 is 0 Å². The lowest BCUT2D eigenvalue weighted by atomic mass is 10.2. The third-order valence-corrected chi connectivity index (χ3v) is 2.26. The van der Waals surface area contributed by atoms with E-state index in [0.717, 1.165) is 0 Å². The third-order valence-electron chi connectivity index (χ3n) is 2.26. The molecule has 0 aromatic rings. The fourth-order valence-electron chi connectivity index (χ4n) is 1.29. The van der Waals surface area contributed by atoms with Crippen LogP contribution < -0.4 is 16.0 Å². The predicted octanol–water partition coefficient (Wildman–Crippen LogP) is -0.358. The summed E-state index contributed by atoms with van der Waals surface area (Å²) >= 11 is 0. The molecule has 0 aliphatic carbocycles. The van der Waals surface area contributed by atoms with E-state index in [4.69, 9.17) is 4.74 Å². The summed E-state index contributed by atoms with van der Waals surface area (Å²) in [7, 11) is 1.59. The highest BCUT2D eigenvalue weighted by Gasteiger charge is 2.12. The molecule has 0 aliphatic heterocycles. The molecule has 0 aromatic carbocycles. The lowest BCUT2D eigenvalue weighted by molar-refractivity contribution is -0.124. The van der Waals surface area contributed by atoms with Gasteiger partial charge in [0, 0.05) is 32.7 Å². The van der Waals surface area contributed by atoms with Crippen molar-refractivity contribution in [2.75, 3.05) is 26.8 Å². The normalized spacial score (nSPS) is 12.3. The molecule has 0 spiro atoms. The fourth-order valence-corrected chi connectivity index (χ4v) is 1.29. The van der Waals surface area contributed by atoms with Gasteiger partial charge in [0.2, 0.25) is 11.8 Å². The zero-order valence-electron chi connectivity index (χ0n) is 11.7. The fraction of sp³-hybridized carbons (Fsp3) is 0.833. The minimum absolute atomic E-state index is 0.0454. The van der Waals surface area contributed by atoms with Crippen molar-refractivity contribution in [2.45, 2.75) is 39.3 Å². The molecule has 6 nitrogen and oxygen atoms in total. The van der Waals surface area contributed by atoms with Crippen molar-refractivity contribution in [3.05, 3.63) is 0 Å². The van der Waals surface area contributed by atoms with Crippen LogP contribution in [0.15, 0.2) is 0 Å². The van der Waals surface area contributed by atoms with E-state index in [1.165, 1.54) is 0 Å². The van der Waals surface area contributed by atoms with Gasteiger partial charge in [-0.2, -0.15) is 0 Å². The maximum Gasteiger partial charge on any atom is 0.237 e. The second-order valence-corrected chi connectivity index (χ2v) is 4.43. The second-order valence-electron chi connectivity index (χ2n) is 4.43. The first-order valence-corrected chi connectivity index (χ1v) is 6.26. The third kappa shape index (κ3) is 8.95. The summed E-state index contributed by atoms with van der Waals surface area (Å²) in [5, 5.41) is 8.52. The van der Waals surface area contributed by atoms with Crippen LogP contribution in [0.4, 0.5) is 0 Å². The molecule has 0 aromatic heterocycles. The summed E-state index contributed by atoms with van der Waals surface area (Å²) in [6.07, 6.45) is 0.350. The highest BCUT2D eigenvalue weighted by Crippen LogP contribution is 1.86. The Kier molecular flexibility index (Phi) is 9.22. The van der Waals surface area contributed by atoms with E-state index in [2.05, 4.69) is 16.0 Å². The molecular weight excluding hydrogens is 234 g/mol. The van der Waals surface area contributed by atoms with Gasteiger partial charge in [0.1, 0.15) is 0 Å². The number of carbonyl (C=O) groups is 2. The molecule has 0 fully saturated rings. The van der Waals surface area contributed by atoms with E-state index in [9.17, 15) is 9.59 Å². The van der Waals surface area contributed by atoms with Crippen LogP contribution >= 0.6 is 0 Å². The Labute approximate surface area is 109 Å². The van der Waals surface area contributed by atoms with Crippen molar-refractivity contribution in [1.82, 2.24) is 16.0 Å². The molecule has 106 valence electrons. The molecule has 0 bridgehead atoms. The summed E-state index contributed by atoms with van der Waals surface area (Å²) in [5.74, 6) is -0.0965. The molecular formula is C12H25N3O3. The Morgan fingerprint density at radius 1 is 1.17 bits per heavy atom. The first-order valence-electron chi connectivity index (χ1n) is 6.26. The highest BCUT2D eigenvalue weighted by molar-refractivity contribution is 5.81. The molecule has 1 atom stereocenters. The standard InChI is InChI=1S/C12H25N3O3/c1-9(2)15-12(17)10(3)13-6-5-11(16)14-7-8-18-4/h9-10,13H,5-8H2,1-4H3,(H,14,16)(H,15,17). The van der Waals surface area contributed by atoms with Gasteiger partial charge in [-0.3, -0.25) is 9.59 Å². The zero-order valence-corrected chi connectivity index (χ0v) is 11.7. The zero-order chi connectivity index (χ0) is 14.0. The number of nitrogens with one attached hydrogen (secondary N) is 3. The summed E-state index contributed by atoms with van der Waals surface area (Å²) < 4.78 is 4.82. The van der Waals surface area contributed by atoms with E-state index < -0.39 is 0 Å². The van der Waals surface area contributed by atoms with Crippen LogP contribution in [-0.4, -0.2) is 50.7 Å². The van der Waals surface area contributed by atoms with Crippen molar-refractivity contribution < 1.29 is 14.3 Å². The van der Waals surface area contributed by atoms with Crippen molar-refractivity contribution in [3.63, 3.8) is 0 Å². The van der Waals surface area contributed by atoms with Gasteiger partial charge in [0.25, 0.3) is 0 Å². The Bertz CT molecular complexity index is 257. The topological polar surface area (TPSA) is 79.5 Å². The van der Waals surface area contributed by atoms with E-state index in [1.807, 2.05) is 13.8 Å². The Morgan fingerprint density at radius 2 is 1.83 bits per heavy atom. The lowest BCUT2D eigenvalue weighted by Crippen LogP contribution is -2.45. The largest absolute Gasteiger partial charge is 0.383 e. The second kappa shape index (κ2) is 9.85. The SMILES string of the molecule is COCCNC(=O)CCNC(C)C(=O)NC(C)C. The maximum atomic E-state index is 11.5. The minimum Gasteiger partial charge on any atom is -0.383 e. The van der Waals surface area contributed by atoms with Crippen molar-refractivity contribution in [1.29, 1.82) is 0 Å². The number of hydrogen-bond donors (Lipinski definition) is 3. The van der Waals surface area contributed by atoms with Crippen LogP contribution in [0.2, 0.25) is 0 Å². The maximum absolute atomic E-state index is 11.5. The molecule has 0 saturated carbocycles. The van der Waals surface area contributed by atoms with Gasteiger partial charge in [-0.05, 0) is 20.8 Å². The molecule has 3 N–H and O–H groups in total. The van der Waals surface area contributed by atoms with Gasteiger partial charge < -0.3 is 20.7 Å². The van der Waals surface area contributed by atoms with E-state index in [-0.39, 0.29) is 23.9 Å². The Balaban J connectivity index is 3.64. The van der Waals surface area contributed by atoms with Gasteiger partial charge in [0.05, 0.1) is 12.6 Å². The van der Waals surface area contributed by atoms with Crippen molar-refractivity contribution >= 4 is 11.8 Å². The number of methoxy groups -OCH3 is 1. The monoisotopic (exact) mass is 259 g/mol. The lowest BCUT2D eigenvalue weighted by Gasteiger charge is -2.15. The van der Waals surface area contributed by atoms with Gasteiger partial charge >= 0.3 is 0 Å². The smallest absolute Gasteiger partial charge is 0.237 e. The first kappa shape index (κ1) is 16.9. The van der Waals surface area contributed by atoms with Gasteiger partial charge in [-0.25, -0.2) is 0 Å². The van der Waals surface area contributed by atoms with Crippen LogP contribution in [0, 0.1) is 0 Å². The quantitative estimate of drug-likeness (QED) is 0.494. The van der Waals surface area contributed by atoms with Crippen molar-refractivity contribution in [3.8, 4) is 0 Å². The molecule has 6 heteroatoms. The Morgan fingerprint density at radius 3 is 2.39 bits per heavy atom. The molecule has 0 saturated heterocycles. The van der Waals surface area contributed by atoms with Crippen LogP contribution in [-0.2, 0) is 14.3 Å². The van der Waals surface area contributed by atoms with E-state index in [0.29, 0.717) is 26.1 Å². The number of amides is 2. The number of carbonyl (C=O) groups excluding carboxylic acids is 2.